The third-order valence-electron chi connectivity index (χ3n) is 3.04. The monoisotopic (exact) mass is 237 g/mol. The topological polar surface area (TPSA) is 32.3 Å². The maximum atomic E-state index is 10.4. The van der Waals surface area contributed by atoms with Crippen LogP contribution in [0.3, 0.4) is 0 Å². The van der Waals surface area contributed by atoms with Crippen molar-refractivity contribution >= 4 is 11.8 Å². The molecule has 1 atom stereocenters. The van der Waals surface area contributed by atoms with Gasteiger partial charge in [0.1, 0.15) is 0 Å². The van der Waals surface area contributed by atoms with Crippen LogP contribution in [0.4, 0.5) is 0 Å². The molecule has 0 aliphatic carbocycles. The van der Waals surface area contributed by atoms with Crippen molar-refractivity contribution in [2.45, 2.75) is 30.8 Å². The summed E-state index contributed by atoms with van der Waals surface area (Å²) in [6.45, 7) is 5.41. The molecule has 88 valence electrons. The number of aryl methyl sites for hydroxylation is 1. The van der Waals surface area contributed by atoms with Crippen molar-refractivity contribution < 1.29 is 5.11 Å². The van der Waals surface area contributed by atoms with Crippen molar-refractivity contribution in [1.29, 1.82) is 0 Å². The van der Waals surface area contributed by atoms with E-state index in [1.807, 2.05) is 18.7 Å². The molecule has 2 nitrogen and oxygen atoms in total. The van der Waals surface area contributed by atoms with Gasteiger partial charge in [0, 0.05) is 17.2 Å². The normalized spacial score (nSPS) is 18.2. The van der Waals surface area contributed by atoms with Crippen LogP contribution in [-0.2, 0) is 12.0 Å². The van der Waals surface area contributed by atoms with Gasteiger partial charge in [0.05, 0.1) is 5.60 Å². The highest BCUT2D eigenvalue weighted by atomic mass is 32.2. The Kier molecular flexibility index (Phi) is 3.57. The number of hydrogen-bond acceptors (Lipinski definition) is 3. The molecule has 3 heteroatoms. The van der Waals surface area contributed by atoms with Crippen LogP contribution in [0, 0.1) is 0 Å². The summed E-state index contributed by atoms with van der Waals surface area (Å²) in [7, 11) is 0. The van der Waals surface area contributed by atoms with E-state index in [1.54, 1.807) is 0 Å². The summed E-state index contributed by atoms with van der Waals surface area (Å²) < 4.78 is 0. The number of rotatable bonds is 4. The lowest BCUT2D eigenvalue weighted by Crippen LogP contribution is -2.35. The Morgan fingerprint density at radius 3 is 3.06 bits per heavy atom. The third-order valence-corrected chi connectivity index (χ3v) is 4.14. The van der Waals surface area contributed by atoms with Crippen LogP contribution < -0.4 is 5.32 Å². The first-order chi connectivity index (χ1) is 7.63. The quantitative estimate of drug-likeness (QED) is 0.841. The van der Waals surface area contributed by atoms with Gasteiger partial charge in [-0.25, -0.2) is 0 Å². The Hall–Kier alpha value is -0.510. The van der Waals surface area contributed by atoms with Crippen molar-refractivity contribution in [3.8, 4) is 0 Å². The van der Waals surface area contributed by atoms with Crippen LogP contribution in [0.5, 0.6) is 0 Å². The van der Waals surface area contributed by atoms with Crippen LogP contribution in [0.2, 0.25) is 0 Å². The van der Waals surface area contributed by atoms with E-state index in [9.17, 15) is 5.11 Å². The van der Waals surface area contributed by atoms with Gasteiger partial charge in [-0.3, -0.25) is 0 Å². The second-order valence-corrected chi connectivity index (χ2v) is 5.61. The van der Waals surface area contributed by atoms with Crippen molar-refractivity contribution in [1.82, 2.24) is 5.32 Å². The summed E-state index contributed by atoms with van der Waals surface area (Å²) in [5.41, 5.74) is 1.67. The van der Waals surface area contributed by atoms with Crippen LogP contribution >= 0.6 is 11.8 Å². The Labute approximate surface area is 101 Å². The molecule has 1 heterocycles. The molecule has 1 aromatic rings. The van der Waals surface area contributed by atoms with E-state index in [-0.39, 0.29) is 0 Å². The average Bonchev–Trinajstić information content (AvgIpc) is 2.73. The summed E-state index contributed by atoms with van der Waals surface area (Å²) >= 11 is 1.89. The fourth-order valence-electron chi connectivity index (χ4n) is 1.97. The van der Waals surface area contributed by atoms with Crippen LogP contribution in [0.1, 0.15) is 25.0 Å². The van der Waals surface area contributed by atoms with Crippen molar-refractivity contribution in [3.05, 3.63) is 29.3 Å². The van der Waals surface area contributed by atoms with E-state index in [4.69, 9.17) is 0 Å². The lowest BCUT2D eigenvalue weighted by Gasteiger charge is -2.24. The van der Waals surface area contributed by atoms with Gasteiger partial charge in [-0.2, -0.15) is 0 Å². The van der Waals surface area contributed by atoms with E-state index < -0.39 is 5.60 Å². The van der Waals surface area contributed by atoms with E-state index in [1.165, 1.54) is 16.2 Å². The molecular weight excluding hydrogens is 218 g/mol. The number of benzene rings is 1. The third kappa shape index (κ3) is 2.42. The van der Waals surface area contributed by atoms with Crippen LogP contribution in [-0.4, -0.2) is 23.9 Å². The maximum Gasteiger partial charge on any atom is 0.0992 e. The Morgan fingerprint density at radius 2 is 2.31 bits per heavy atom. The number of thioether (sulfide) groups is 1. The molecule has 1 unspecified atom stereocenters. The highest BCUT2D eigenvalue weighted by Crippen LogP contribution is 2.34. The molecule has 0 aromatic heterocycles. The van der Waals surface area contributed by atoms with Crippen molar-refractivity contribution in [2.75, 3.05) is 18.8 Å². The van der Waals surface area contributed by atoms with E-state index in [2.05, 4.69) is 30.4 Å². The summed E-state index contributed by atoms with van der Waals surface area (Å²) in [5, 5.41) is 13.6. The Bertz CT molecular complexity index is 376. The van der Waals surface area contributed by atoms with Gasteiger partial charge in [-0.1, -0.05) is 19.1 Å². The standard InChI is InChI=1S/C13H19NOS/c1-3-14-9-13(2,15)11-5-4-10-6-7-16-12(10)8-11/h4-5,8,14-15H,3,6-7,9H2,1-2H3. The first-order valence-corrected chi connectivity index (χ1v) is 6.81. The van der Waals surface area contributed by atoms with E-state index in [0.29, 0.717) is 6.54 Å². The molecule has 1 aromatic carbocycles. The summed E-state index contributed by atoms with van der Waals surface area (Å²) in [6, 6.07) is 6.36. The lowest BCUT2D eigenvalue weighted by molar-refractivity contribution is 0.0574. The number of likely N-dealkylation sites (N-methyl/N-ethyl adjacent to an activating group) is 1. The molecule has 0 radical (unpaired) electrons. The van der Waals surface area contributed by atoms with Gasteiger partial charge in [0.25, 0.3) is 0 Å². The molecule has 2 rings (SSSR count). The lowest BCUT2D eigenvalue weighted by atomic mass is 9.94. The summed E-state index contributed by atoms with van der Waals surface area (Å²) in [5.74, 6) is 1.17. The molecular formula is C13H19NOS. The fourth-order valence-corrected chi connectivity index (χ4v) is 3.08. The van der Waals surface area contributed by atoms with Crippen LogP contribution in [0.15, 0.2) is 23.1 Å². The molecule has 0 saturated heterocycles. The molecule has 0 spiro atoms. The van der Waals surface area contributed by atoms with Crippen LogP contribution in [0.25, 0.3) is 0 Å². The summed E-state index contributed by atoms with van der Waals surface area (Å²) in [4.78, 5) is 1.34. The summed E-state index contributed by atoms with van der Waals surface area (Å²) in [6.07, 6.45) is 1.16. The maximum absolute atomic E-state index is 10.4. The molecule has 1 aliphatic heterocycles. The van der Waals surface area contributed by atoms with Crippen molar-refractivity contribution in [2.24, 2.45) is 0 Å². The molecule has 16 heavy (non-hydrogen) atoms. The van der Waals surface area contributed by atoms with E-state index >= 15 is 0 Å². The first kappa shape index (κ1) is 12.0. The number of aliphatic hydroxyl groups is 1. The zero-order valence-electron chi connectivity index (χ0n) is 9.92. The van der Waals surface area contributed by atoms with Gasteiger partial charge in [-0.15, -0.1) is 11.8 Å². The fraction of sp³-hybridized carbons (Fsp3) is 0.538. The van der Waals surface area contributed by atoms with Gasteiger partial charge >= 0.3 is 0 Å². The molecule has 0 fully saturated rings. The highest BCUT2D eigenvalue weighted by molar-refractivity contribution is 7.99. The smallest absolute Gasteiger partial charge is 0.0992 e. The predicted molar refractivity (Wildman–Crippen MR) is 69.0 cm³/mol. The number of nitrogens with one attached hydrogen (secondary N) is 1. The average molecular weight is 237 g/mol. The van der Waals surface area contributed by atoms with Crippen molar-refractivity contribution in [3.63, 3.8) is 0 Å². The largest absolute Gasteiger partial charge is 0.384 e. The molecule has 1 aliphatic rings. The van der Waals surface area contributed by atoms with Gasteiger partial charge in [0.15, 0.2) is 0 Å². The Balaban J connectivity index is 2.20. The first-order valence-electron chi connectivity index (χ1n) is 5.83. The molecule has 0 bridgehead atoms. The zero-order chi connectivity index (χ0) is 11.6. The number of fused-ring (bicyclic) bond motifs is 1. The minimum Gasteiger partial charge on any atom is -0.384 e. The zero-order valence-corrected chi connectivity index (χ0v) is 10.7. The second kappa shape index (κ2) is 4.78. The molecule has 0 saturated carbocycles. The minimum absolute atomic E-state index is 0.604. The van der Waals surface area contributed by atoms with Gasteiger partial charge in [-0.05, 0) is 37.1 Å². The highest BCUT2D eigenvalue weighted by Gasteiger charge is 2.24. The molecule has 2 N–H and O–H groups in total. The number of hydrogen-bond donors (Lipinski definition) is 2. The minimum atomic E-state index is -0.770. The van der Waals surface area contributed by atoms with Gasteiger partial charge in [0.2, 0.25) is 0 Å². The SMILES string of the molecule is CCNCC(C)(O)c1ccc2c(c1)SCC2. The molecule has 0 amide bonds. The van der Waals surface area contributed by atoms with Gasteiger partial charge < -0.3 is 10.4 Å². The Morgan fingerprint density at radius 1 is 1.50 bits per heavy atom. The second-order valence-electron chi connectivity index (χ2n) is 4.48. The predicted octanol–water partition coefficient (Wildman–Crippen LogP) is 2.15. The van der Waals surface area contributed by atoms with E-state index in [0.717, 1.165) is 18.5 Å².